The summed E-state index contributed by atoms with van der Waals surface area (Å²) in [6.45, 7) is 0.592. The van der Waals surface area contributed by atoms with Crippen molar-refractivity contribution in [3.8, 4) is 0 Å². The van der Waals surface area contributed by atoms with Crippen molar-refractivity contribution in [3.63, 3.8) is 0 Å². The third-order valence-corrected chi connectivity index (χ3v) is 4.84. The number of urea groups is 1. The molecule has 142 valence electrons. The average molecular weight is 436 g/mol. The highest BCUT2D eigenvalue weighted by Gasteiger charge is 2.30. The fourth-order valence-corrected chi connectivity index (χ4v) is 3.28. The van der Waals surface area contributed by atoms with Crippen LogP contribution in [0.1, 0.15) is 17.2 Å². The van der Waals surface area contributed by atoms with E-state index in [1.54, 1.807) is 12.1 Å². The summed E-state index contributed by atoms with van der Waals surface area (Å²) in [5.41, 5.74) is 6.36. The molecular weight excluding hydrogens is 417 g/mol. The third kappa shape index (κ3) is 4.64. The first-order chi connectivity index (χ1) is 13.0. The molecule has 3 N–H and O–H groups in total. The van der Waals surface area contributed by atoms with Crippen molar-refractivity contribution in [2.45, 2.75) is 12.1 Å². The number of hydrogen-bond donors (Lipinski definition) is 2. The highest BCUT2D eigenvalue weighted by Crippen LogP contribution is 2.27. The molecule has 6 nitrogen and oxygen atoms in total. The quantitative estimate of drug-likeness (QED) is 0.773. The van der Waals surface area contributed by atoms with Crippen LogP contribution in [-0.2, 0) is 9.53 Å². The van der Waals surface area contributed by atoms with Crippen LogP contribution in [-0.4, -0.2) is 42.6 Å². The number of primary amides is 1. The average Bonchev–Trinajstić information content (AvgIpc) is 2.67. The van der Waals surface area contributed by atoms with Gasteiger partial charge in [-0.15, -0.1) is 0 Å². The fraction of sp³-hybridized carbons (Fsp3) is 0.263. The van der Waals surface area contributed by atoms with Gasteiger partial charge < -0.3 is 20.7 Å². The van der Waals surface area contributed by atoms with Crippen molar-refractivity contribution in [2.75, 3.05) is 19.7 Å². The van der Waals surface area contributed by atoms with Crippen LogP contribution in [0.4, 0.5) is 9.18 Å². The zero-order valence-electron chi connectivity index (χ0n) is 14.4. The molecule has 0 saturated carbocycles. The van der Waals surface area contributed by atoms with Gasteiger partial charge in [-0.3, -0.25) is 4.79 Å². The summed E-state index contributed by atoms with van der Waals surface area (Å²) in [5.74, 6) is -1.05. The van der Waals surface area contributed by atoms with Crippen LogP contribution >= 0.6 is 15.9 Å². The Morgan fingerprint density at radius 3 is 2.67 bits per heavy atom. The van der Waals surface area contributed by atoms with Gasteiger partial charge in [-0.2, -0.15) is 0 Å². The lowest BCUT2D eigenvalue weighted by molar-refractivity contribution is -0.133. The molecule has 1 heterocycles. The summed E-state index contributed by atoms with van der Waals surface area (Å²) in [6.07, 6.45) is -0.843. The number of morpholine rings is 1. The molecule has 2 atom stereocenters. The summed E-state index contributed by atoms with van der Waals surface area (Å²) in [5, 5.41) is 2.86. The number of ether oxygens (including phenoxy) is 1. The monoisotopic (exact) mass is 435 g/mol. The van der Waals surface area contributed by atoms with Crippen molar-refractivity contribution < 1.29 is 18.7 Å². The number of benzene rings is 2. The van der Waals surface area contributed by atoms with E-state index in [0.29, 0.717) is 16.6 Å². The molecule has 27 heavy (non-hydrogen) atoms. The first-order valence-electron chi connectivity index (χ1n) is 8.42. The minimum absolute atomic E-state index is 0.0610. The number of halogens is 2. The van der Waals surface area contributed by atoms with E-state index in [9.17, 15) is 14.0 Å². The zero-order chi connectivity index (χ0) is 19.4. The van der Waals surface area contributed by atoms with Crippen molar-refractivity contribution in [1.82, 2.24) is 10.2 Å². The number of hydrogen-bond acceptors (Lipinski definition) is 3. The lowest BCUT2D eigenvalue weighted by Crippen LogP contribution is -2.53. The second kappa shape index (κ2) is 8.49. The van der Waals surface area contributed by atoms with Crippen molar-refractivity contribution in [1.29, 1.82) is 0 Å². The van der Waals surface area contributed by atoms with E-state index in [0.717, 1.165) is 5.56 Å². The third-order valence-electron chi connectivity index (χ3n) is 4.35. The van der Waals surface area contributed by atoms with Crippen LogP contribution < -0.4 is 11.1 Å². The molecule has 0 unspecified atom stereocenters. The largest absolute Gasteiger partial charge is 0.367 e. The summed E-state index contributed by atoms with van der Waals surface area (Å²) >= 11 is 3.24. The maximum atomic E-state index is 14.6. The normalized spacial score (nSPS) is 18.0. The molecule has 0 spiro atoms. The van der Waals surface area contributed by atoms with Crippen LogP contribution in [0.3, 0.4) is 0 Å². The molecule has 3 amide bonds. The molecule has 0 bridgehead atoms. The highest BCUT2D eigenvalue weighted by atomic mass is 79.9. The topological polar surface area (TPSA) is 84.7 Å². The standard InChI is InChI=1S/C19H19BrFN3O3/c20-13-6-7-14(15(21)10-13)17(12-4-2-1-3-5-12)23-19(26)24-8-9-27-16(11-24)18(22)25/h1-7,10,16-17H,8-9,11H2,(H2,22,25)(H,23,26)/t16-,17-/m1/s1. The molecule has 1 aliphatic rings. The number of nitrogens with zero attached hydrogens (tertiary/aromatic N) is 1. The molecular formula is C19H19BrFN3O3. The van der Waals surface area contributed by atoms with Gasteiger partial charge in [0, 0.05) is 16.6 Å². The SMILES string of the molecule is NC(=O)[C@H]1CN(C(=O)N[C@H](c2ccccc2)c2ccc(Br)cc2F)CCO1. The molecule has 1 aliphatic heterocycles. The van der Waals surface area contributed by atoms with Crippen LogP contribution in [0.25, 0.3) is 0 Å². The van der Waals surface area contributed by atoms with Crippen LogP contribution in [0, 0.1) is 5.82 Å². The maximum absolute atomic E-state index is 14.6. The Balaban J connectivity index is 1.85. The Kier molecular flexibility index (Phi) is 6.08. The van der Waals surface area contributed by atoms with Crippen molar-refractivity contribution >= 4 is 27.9 Å². The van der Waals surface area contributed by atoms with Crippen LogP contribution in [0.15, 0.2) is 53.0 Å². The number of carbonyl (C=O) groups is 2. The molecule has 2 aromatic carbocycles. The van der Waals surface area contributed by atoms with Gasteiger partial charge >= 0.3 is 6.03 Å². The first-order valence-corrected chi connectivity index (χ1v) is 9.21. The minimum atomic E-state index is -0.843. The maximum Gasteiger partial charge on any atom is 0.318 e. The molecule has 0 radical (unpaired) electrons. The summed E-state index contributed by atoms with van der Waals surface area (Å²) < 4.78 is 20.4. The van der Waals surface area contributed by atoms with Gasteiger partial charge in [0.05, 0.1) is 19.2 Å². The smallest absolute Gasteiger partial charge is 0.318 e. The van der Waals surface area contributed by atoms with Crippen molar-refractivity contribution in [2.24, 2.45) is 5.73 Å². The number of nitrogens with two attached hydrogens (primary N) is 1. The number of carbonyl (C=O) groups excluding carboxylic acids is 2. The molecule has 3 rings (SSSR count). The van der Waals surface area contributed by atoms with Crippen LogP contribution in [0.2, 0.25) is 0 Å². The van der Waals surface area contributed by atoms with E-state index in [-0.39, 0.29) is 13.2 Å². The predicted molar refractivity (Wildman–Crippen MR) is 101 cm³/mol. The highest BCUT2D eigenvalue weighted by molar-refractivity contribution is 9.10. The van der Waals surface area contributed by atoms with Gasteiger partial charge in [0.1, 0.15) is 5.82 Å². The summed E-state index contributed by atoms with van der Waals surface area (Å²) in [6, 6.07) is 12.7. The predicted octanol–water partition coefficient (Wildman–Crippen LogP) is 2.57. The first kappa shape index (κ1) is 19.3. The lowest BCUT2D eigenvalue weighted by atomic mass is 9.98. The van der Waals surface area contributed by atoms with E-state index in [1.807, 2.05) is 30.3 Å². The second-order valence-electron chi connectivity index (χ2n) is 6.17. The van der Waals surface area contributed by atoms with Gasteiger partial charge in [-0.1, -0.05) is 52.3 Å². The molecule has 1 fully saturated rings. The van der Waals surface area contributed by atoms with Gasteiger partial charge in [-0.05, 0) is 17.7 Å². The Labute approximate surface area is 164 Å². The molecule has 8 heteroatoms. The Morgan fingerprint density at radius 1 is 1.26 bits per heavy atom. The Bertz CT molecular complexity index is 834. The van der Waals surface area contributed by atoms with Gasteiger partial charge in [-0.25, -0.2) is 9.18 Å². The Morgan fingerprint density at radius 2 is 2.00 bits per heavy atom. The molecule has 2 aromatic rings. The number of nitrogens with one attached hydrogen (secondary N) is 1. The molecule has 0 aromatic heterocycles. The van der Waals surface area contributed by atoms with E-state index < -0.39 is 29.9 Å². The van der Waals surface area contributed by atoms with Crippen molar-refractivity contribution in [3.05, 3.63) is 69.9 Å². The number of amides is 3. The lowest BCUT2D eigenvalue weighted by Gasteiger charge is -2.33. The Hall–Kier alpha value is -2.45. The van der Waals surface area contributed by atoms with E-state index in [2.05, 4.69) is 21.2 Å². The number of rotatable bonds is 4. The second-order valence-corrected chi connectivity index (χ2v) is 7.08. The summed E-state index contributed by atoms with van der Waals surface area (Å²) in [7, 11) is 0. The molecule has 1 saturated heterocycles. The van der Waals surface area contributed by atoms with E-state index in [1.165, 1.54) is 11.0 Å². The zero-order valence-corrected chi connectivity index (χ0v) is 16.0. The van der Waals surface area contributed by atoms with E-state index in [4.69, 9.17) is 10.5 Å². The fourth-order valence-electron chi connectivity index (χ4n) is 2.94. The minimum Gasteiger partial charge on any atom is -0.367 e. The van der Waals surface area contributed by atoms with Crippen LogP contribution in [0.5, 0.6) is 0 Å². The summed E-state index contributed by atoms with van der Waals surface area (Å²) in [4.78, 5) is 25.6. The van der Waals surface area contributed by atoms with Gasteiger partial charge in [0.15, 0.2) is 6.10 Å². The van der Waals surface area contributed by atoms with Gasteiger partial charge in [0.25, 0.3) is 0 Å². The molecule has 0 aliphatic carbocycles. The van der Waals surface area contributed by atoms with Gasteiger partial charge in [0.2, 0.25) is 5.91 Å². The van der Waals surface area contributed by atoms with E-state index >= 15 is 0 Å².